The van der Waals surface area contributed by atoms with Gasteiger partial charge in [0, 0.05) is 12.8 Å². The van der Waals surface area contributed by atoms with Crippen LogP contribution in [-0.4, -0.2) is 100 Å². The number of rotatable bonds is 69. The van der Waals surface area contributed by atoms with Gasteiger partial charge in [0.05, 0.1) is 32.0 Å². The monoisotopic (exact) mass is 1260 g/mol. The Hall–Kier alpha value is -2.12. The number of amides is 1. The van der Waals surface area contributed by atoms with Gasteiger partial charge in [0.25, 0.3) is 0 Å². The highest BCUT2D eigenvalue weighted by Crippen LogP contribution is 2.24. The molecule has 1 fully saturated rings. The average molecular weight is 1260 g/mol. The van der Waals surface area contributed by atoms with Crippen molar-refractivity contribution < 1.29 is 49.3 Å². The molecule has 0 bridgehead atoms. The van der Waals surface area contributed by atoms with Crippen LogP contribution in [0.5, 0.6) is 0 Å². The van der Waals surface area contributed by atoms with Crippen molar-refractivity contribution in [3.8, 4) is 0 Å². The van der Waals surface area contributed by atoms with Crippen LogP contribution in [0.1, 0.15) is 386 Å². The van der Waals surface area contributed by atoms with E-state index in [0.29, 0.717) is 19.4 Å². The molecule has 7 unspecified atom stereocenters. The Balaban J connectivity index is 1.90. The Morgan fingerprint density at radius 1 is 0.404 bits per heavy atom. The van der Waals surface area contributed by atoms with Gasteiger partial charge in [0.1, 0.15) is 24.4 Å². The number of ether oxygens (including phenoxy) is 3. The molecule has 0 radical (unpaired) electrons. The maximum Gasteiger partial charge on any atom is 0.305 e. The SMILES string of the molecule is CCCCCCCC/C=C/CC/C=C/C(O)C(COC1OC(CO)C(O)C(O)C1O)NC(=O)CCCCCCCCCCCCCCCCCCC/C=C\CCCCCCCCCCCCCCCCCCOC(=O)CCCCCCCCCCCCCC. The molecule has 0 aromatic carbocycles. The van der Waals surface area contributed by atoms with Crippen LogP contribution in [0, 0.1) is 0 Å². The van der Waals surface area contributed by atoms with Gasteiger partial charge in [0.15, 0.2) is 6.29 Å². The van der Waals surface area contributed by atoms with Crippen molar-refractivity contribution in [3.63, 3.8) is 0 Å². The quantitative estimate of drug-likeness (QED) is 0.0195. The third-order valence-electron chi connectivity index (χ3n) is 18.5. The number of aliphatic hydroxyl groups excluding tert-OH is 5. The first-order chi connectivity index (χ1) is 43.7. The zero-order valence-electron chi connectivity index (χ0n) is 58.4. The molecule has 1 aliphatic rings. The zero-order chi connectivity index (χ0) is 64.4. The Kier molecular flexibility index (Phi) is 64.2. The van der Waals surface area contributed by atoms with Crippen LogP contribution in [0.25, 0.3) is 0 Å². The number of carbonyl (C=O) groups excluding carboxylic acids is 2. The van der Waals surface area contributed by atoms with E-state index >= 15 is 0 Å². The van der Waals surface area contributed by atoms with E-state index in [1.165, 1.54) is 308 Å². The van der Waals surface area contributed by atoms with Crippen LogP contribution in [0.3, 0.4) is 0 Å². The second-order valence-corrected chi connectivity index (χ2v) is 27.1. The van der Waals surface area contributed by atoms with E-state index in [2.05, 4.69) is 43.5 Å². The lowest BCUT2D eigenvalue weighted by atomic mass is 9.99. The number of aliphatic hydroxyl groups is 5. The van der Waals surface area contributed by atoms with E-state index < -0.39 is 49.5 Å². The predicted molar refractivity (Wildman–Crippen MR) is 375 cm³/mol. The Bertz CT molecular complexity index is 1570. The topological polar surface area (TPSA) is 175 Å². The molecule has 0 aliphatic carbocycles. The molecule has 7 atom stereocenters. The van der Waals surface area contributed by atoms with Crippen LogP contribution in [-0.2, 0) is 23.8 Å². The summed E-state index contributed by atoms with van der Waals surface area (Å²) in [5, 5.41) is 54.5. The maximum atomic E-state index is 13.1. The fraction of sp³-hybridized carbons (Fsp3) is 0.897. The predicted octanol–water partition coefficient (Wildman–Crippen LogP) is 20.5. The summed E-state index contributed by atoms with van der Waals surface area (Å²) in [7, 11) is 0. The summed E-state index contributed by atoms with van der Waals surface area (Å²) < 4.78 is 16.7. The molecule has 1 saturated heterocycles. The van der Waals surface area contributed by atoms with E-state index in [4.69, 9.17) is 14.2 Å². The first-order valence-electron chi connectivity index (χ1n) is 38.8. The van der Waals surface area contributed by atoms with E-state index in [1.54, 1.807) is 6.08 Å². The van der Waals surface area contributed by atoms with Crippen molar-refractivity contribution >= 4 is 11.9 Å². The molecule has 11 heteroatoms. The fourth-order valence-electron chi connectivity index (χ4n) is 12.4. The van der Waals surface area contributed by atoms with Crippen LogP contribution < -0.4 is 5.32 Å². The number of hydrogen-bond donors (Lipinski definition) is 6. The fourth-order valence-corrected chi connectivity index (χ4v) is 12.4. The molecule has 1 heterocycles. The smallest absolute Gasteiger partial charge is 0.305 e. The lowest BCUT2D eigenvalue weighted by Crippen LogP contribution is -2.60. The lowest BCUT2D eigenvalue weighted by Gasteiger charge is -2.40. The highest BCUT2D eigenvalue weighted by Gasteiger charge is 2.44. The molecule has 1 rings (SSSR count). The van der Waals surface area contributed by atoms with Crippen molar-refractivity contribution in [1.82, 2.24) is 5.32 Å². The zero-order valence-corrected chi connectivity index (χ0v) is 58.4. The first kappa shape index (κ1) is 84.9. The molecule has 524 valence electrons. The molecule has 0 spiro atoms. The highest BCUT2D eigenvalue weighted by atomic mass is 16.7. The van der Waals surface area contributed by atoms with Gasteiger partial charge >= 0.3 is 5.97 Å². The van der Waals surface area contributed by atoms with Crippen LogP contribution in [0.2, 0.25) is 0 Å². The second kappa shape index (κ2) is 67.3. The second-order valence-electron chi connectivity index (χ2n) is 27.1. The minimum atomic E-state index is -1.57. The minimum Gasteiger partial charge on any atom is -0.466 e. The van der Waals surface area contributed by atoms with Gasteiger partial charge in [-0.15, -0.1) is 0 Å². The summed E-state index contributed by atoms with van der Waals surface area (Å²) in [6, 6.07) is -0.824. The Morgan fingerprint density at radius 2 is 0.730 bits per heavy atom. The largest absolute Gasteiger partial charge is 0.466 e. The summed E-state index contributed by atoms with van der Waals surface area (Å²) in [5.41, 5.74) is 0. The molecule has 0 saturated carbocycles. The Labute approximate surface area is 549 Å². The van der Waals surface area contributed by atoms with Crippen molar-refractivity contribution in [2.24, 2.45) is 0 Å². The van der Waals surface area contributed by atoms with Gasteiger partial charge in [-0.1, -0.05) is 339 Å². The molecule has 1 aliphatic heterocycles. The summed E-state index contributed by atoms with van der Waals surface area (Å²) in [6.07, 6.45) is 77.5. The summed E-state index contributed by atoms with van der Waals surface area (Å²) in [5.74, 6) is -0.170. The number of carbonyl (C=O) groups is 2. The number of unbranched alkanes of at least 4 members (excludes halogenated alkanes) is 51. The van der Waals surface area contributed by atoms with Gasteiger partial charge in [-0.25, -0.2) is 0 Å². The molecular weight excluding hydrogens is 1110 g/mol. The summed E-state index contributed by atoms with van der Waals surface area (Å²) in [4.78, 5) is 25.1. The third kappa shape index (κ3) is 56.0. The normalized spacial score (nSPS) is 17.9. The van der Waals surface area contributed by atoms with Gasteiger partial charge in [-0.2, -0.15) is 0 Å². The van der Waals surface area contributed by atoms with Crippen molar-refractivity contribution in [1.29, 1.82) is 0 Å². The summed E-state index contributed by atoms with van der Waals surface area (Å²) in [6.45, 7) is 4.36. The van der Waals surface area contributed by atoms with Crippen molar-refractivity contribution in [2.45, 2.75) is 429 Å². The lowest BCUT2D eigenvalue weighted by molar-refractivity contribution is -0.302. The van der Waals surface area contributed by atoms with E-state index in [0.717, 1.165) is 51.4 Å². The van der Waals surface area contributed by atoms with Crippen molar-refractivity contribution in [3.05, 3.63) is 36.5 Å². The van der Waals surface area contributed by atoms with E-state index in [9.17, 15) is 35.1 Å². The number of esters is 1. The summed E-state index contributed by atoms with van der Waals surface area (Å²) >= 11 is 0. The van der Waals surface area contributed by atoms with Gasteiger partial charge in [-0.3, -0.25) is 9.59 Å². The maximum absolute atomic E-state index is 13.1. The number of hydrogen-bond acceptors (Lipinski definition) is 10. The van der Waals surface area contributed by atoms with Crippen LogP contribution in [0.15, 0.2) is 36.5 Å². The molecule has 0 aromatic rings. The first-order valence-corrected chi connectivity index (χ1v) is 38.8. The van der Waals surface area contributed by atoms with Gasteiger partial charge < -0.3 is 45.1 Å². The molecule has 89 heavy (non-hydrogen) atoms. The molecule has 0 aromatic heterocycles. The third-order valence-corrected chi connectivity index (χ3v) is 18.5. The van der Waals surface area contributed by atoms with Crippen LogP contribution >= 0.6 is 0 Å². The van der Waals surface area contributed by atoms with E-state index in [1.807, 2.05) is 6.08 Å². The standard InChI is InChI=1S/C78H147NO10/c1-3-5-7-9-11-13-15-44-48-52-56-60-64-71(81)70(69-88-78-77(86)76(85)75(84)72(68-80)89-78)79-73(82)65-61-57-53-49-45-42-40-38-36-34-32-30-28-26-24-22-20-18-17-19-21-23-25-27-29-31-33-35-37-39-41-43-47-51-55-59-63-67-87-74(83)66-62-58-54-50-46-16-14-12-10-8-6-4-2/h17,19,44,48,60,64,70-72,75-78,80-81,84-86H,3-16,18,20-43,45-47,49-59,61-63,65-69H2,1-2H3,(H,79,82)/b19-17-,48-44+,64-60+. The molecule has 1 amide bonds. The molecule has 6 N–H and O–H groups in total. The van der Waals surface area contributed by atoms with Gasteiger partial charge in [0.2, 0.25) is 5.91 Å². The van der Waals surface area contributed by atoms with Gasteiger partial charge in [-0.05, 0) is 70.6 Å². The molecular formula is C78H147NO10. The van der Waals surface area contributed by atoms with Crippen molar-refractivity contribution in [2.75, 3.05) is 19.8 Å². The average Bonchev–Trinajstić information content (AvgIpc) is 2.35. The van der Waals surface area contributed by atoms with Crippen LogP contribution in [0.4, 0.5) is 0 Å². The molecule has 11 nitrogen and oxygen atoms in total. The highest BCUT2D eigenvalue weighted by molar-refractivity contribution is 5.76. The Morgan fingerprint density at radius 3 is 1.11 bits per heavy atom. The van der Waals surface area contributed by atoms with E-state index in [-0.39, 0.29) is 18.5 Å². The number of nitrogens with one attached hydrogen (secondary N) is 1. The minimum absolute atomic E-state index is 0.0163. The number of allylic oxidation sites excluding steroid dienone is 5.